The van der Waals surface area contributed by atoms with E-state index in [1.807, 2.05) is 31.3 Å². The van der Waals surface area contributed by atoms with Crippen LogP contribution in [0, 0.1) is 6.92 Å². The minimum atomic E-state index is 0.236. The Balaban J connectivity index is 1.81. The van der Waals surface area contributed by atoms with E-state index in [1.165, 1.54) is 0 Å². The van der Waals surface area contributed by atoms with Crippen LogP contribution in [0.4, 0.5) is 0 Å². The predicted molar refractivity (Wildman–Crippen MR) is 74.9 cm³/mol. The summed E-state index contributed by atoms with van der Waals surface area (Å²) < 4.78 is 5.87. The van der Waals surface area contributed by atoms with Gasteiger partial charge in [-0.25, -0.2) is 4.98 Å². The number of hydrogen-bond donors (Lipinski definition) is 0. The summed E-state index contributed by atoms with van der Waals surface area (Å²) in [6.45, 7) is 2.51. The molecule has 0 atom stereocenters. The Bertz CT molecular complexity index is 618. The second-order valence-electron chi connectivity index (χ2n) is 4.69. The molecule has 3 nitrogen and oxygen atoms in total. The molecule has 2 aromatic rings. The van der Waals surface area contributed by atoms with Crippen molar-refractivity contribution in [1.82, 2.24) is 4.98 Å². The van der Waals surface area contributed by atoms with Gasteiger partial charge in [0.25, 0.3) is 0 Å². The third-order valence-electron chi connectivity index (χ3n) is 3.30. The summed E-state index contributed by atoms with van der Waals surface area (Å²) in [7, 11) is 0. The number of hydrogen-bond acceptors (Lipinski definition) is 4. The number of aromatic nitrogens is 1. The van der Waals surface area contributed by atoms with Gasteiger partial charge in [0, 0.05) is 23.7 Å². The zero-order chi connectivity index (χ0) is 13.2. The van der Waals surface area contributed by atoms with Gasteiger partial charge in [0.2, 0.25) is 0 Å². The molecule has 0 radical (unpaired) electrons. The van der Waals surface area contributed by atoms with Crippen LogP contribution < -0.4 is 4.74 Å². The van der Waals surface area contributed by atoms with E-state index in [1.54, 1.807) is 11.3 Å². The van der Waals surface area contributed by atoms with Crippen molar-refractivity contribution in [3.8, 4) is 5.75 Å². The number of thiazole rings is 1. The standard InChI is InChI=1S/C15H15NO2S/c1-10-16-8-11(19-10)9-18-15-7-3-4-12-13(15)5-2-6-14(12)17/h3-4,7-8H,2,5-6,9H2,1H3. The molecule has 0 unspecified atom stereocenters. The SMILES string of the molecule is Cc1ncc(COc2cccc3c2CCCC3=O)s1. The fourth-order valence-electron chi connectivity index (χ4n) is 2.40. The first kappa shape index (κ1) is 12.4. The summed E-state index contributed by atoms with van der Waals surface area (Å²) in [5.41, 5.74) is 1.91. The molecule has 0 fully saturated rings. The average Bonchev–Trinajstić information content (AvgIpc) is 2.83. The Labute approximate surface area is 116 Å². The van der Waals surface area contributed by atoms with Gasteiger partial charge in [0.1, 0.15) is 12.4 Å². The number of rotatable bonds is 3. The fourth-order valence-corrected chi connectivity index (χ4v) is 3.11. The molecule has 98 valence electrons. The zero-order valence-corrected chi connectivity index (χ0v) is 11.6. The van der Waals surface area contributed by atoms with Gasteiger partial charge in [0.15, 0.2) is 5.78 Å². The third kappa shape index (κ3) is 2.54. The fraction of sp³-hybridized carbons (Fsp3) is 0.333. The number of fused-ring (bicyclic) bond motifs is 1. The van der Waals surface area contributed by atoms with E-state index in [-0.39, 0.29) is 5.78 Å². The maximum atomic E-state index is 11.9. The highest BCUT2D eigenvalue weighted by molar-refractivity contribution is 7.11. The Hall–Kier alpha value is -1.68. The molecule has 1 aromatic heterocycles. The van der Waals surface area contributed by atoms with Crippen molar-refractivity contribution < 1.29 is 9.53 Å². The molecule has 19 heavy (non-hydrogen) atoms. The molecule has 0 aliphatic heterocycles. The third-order valence-corrected chi connectivity index (χ3v) is 4.19. The van der Waals surface area contributed by atoms with E-state index in [9.17, 15) is 4.79 Å². The van der Waals surface area contributed by atoms with Crippen LogP contribution in [0.15, 0.2) is 24.4 Å². The molecule has 0 spiro atoms. The number of ether oxygens (including phenoxy) is 1. The van der Waals surface area contributed by atoms with Crippen LogP contribution in [-0.4, -0.2) is 10.8 Å². The summed E-state index contributed by atoms with van der Waals surface area (Å²) in [5, 5.41) is 1.05. The van der Waals surface area contributed by atoms with Gasteiger partial charge in [-0.1, -0.05) is 12.1 Å². The summed E-state index contributed by atoms with van der Waals surface area (Å²) in [6, 6.07) is 5.75. The maximum absolute atomic E-state index is 11.9. The molecule has 1 aliphatic rings. The van der Waals surface area contributed by atoms with Crippen LogP contribution in [0.3, 0.4) is 0 Å². The van der Waals surface area contributed by atoms with E-state index >= 15 is 0 Å². The van der Waals surface area contributed by atoms with Gasteiger partial charge in [-0.05, 0) is 25.8 Å². The molecule has 1 aromatic carbocycles. The average molecular weight is 273 g/mol. The number of aryl methyl sites for hydroxylation is 1. The van der Waals surface area contributed by atoms with E-state index < -0.39 is 0 Å². The van der Waals surface area contributed by atoms with Crippen molar-refractivity contribution in [2.45, 2.75) is 32.8 Å². The van der Waals surface area contributed by atoms with E-state index in [4.69, 9.17) is 4.74 Å². The second kappa shape index (κ2) is 5.13. The second-order valence-corrected chi connectivity index (χ2v) is 6.01. The molecular formula is C15H15NO2S. The highest BCUT2D eigenvalue weighted by Crippen LogP contribution is 2.30. The zero-order valence-electron chi connectivity index (χ0n) is 10.8. The van der Waals surface area contributed by atoms with Gasteiger partial charge >= 0.3 is 0 Å². The largest absolute Gasteiger partial charge is 0.488 e. The number of carbonyl (C=O) groups excluding carboxylic acids is 1. The van der Waals surface area contributed by atoms with E-state index in [2.05, 4.69) is 4.98 Å². The van der Waals surface area contributed by atoms with Crippen molar-refractivity contribution in [3.63, 3.8) is 0 Å². The van der Waals surface area contributed by atoms with Crippen LogP contribution in [0.25, 0.3) is 0 Å². The monoisotopic (exact) mass is 273 g/mol. The molecule has 3 rings (SSSR count). The summed E-state index contributed by atoms with van der Waals surface area (Å²) >= 11 is 1.64. The number of ketones is 1. The first-order chi connectivity index (χ1) is 9.24. The van der Waals surface area contributed by atoms with Crippen molar-refractivity contribution in [1.29, 1.82) is 0 Å². The van der Waals surface area contributed by atoms with Crippen LogP contribution in [0.2, 0.25) is 0 Å². The lowest BCUT2D eigenvalue weighted by Gasteiger charge is -2.18. The van der Waals surface area contributed by atoms with Gasteiger partial charge < -0.3 is 4.74 Å². The predicted octanol–water partition coefficient (Wildman–Crippen LogP) is 3.55. The van der Waals surface area contributed by atoms with Crippen LogP contribution >= 0.6 is 11.3 Å². The van der Waals surface area contributed by atoms with Gasteiger partial charge in [0.05, 0.1) is 9.88 Å². The van der Waals surface area contributed by atoms with Crippen molar-refractivity contribution in [3.05, 3.63) is 45.4 Å². The summed E-state index contributed by atoms with van der Waals surface area (Å²) in [6.07, 6.45) is 4.36. The minimum absolute atomic E-state index is 0.236. The number of nitrogens with zero attached hydrogens (tertiary/aromatic N) is 1. The molecule has 1 aliphatic carbocycles. The quantitative estimate of drug-likeness (QED) is 0.858. The van der Waals surface area contributed by atoms with E-state index in [0.29, 0.717) is 13.0 Å². The van der Waals surface area contributed by atoms with Crippen LogP contribution in [0.5, 0.6) is 5.75 Å². The van der Waals surface area contributed by atoms with Crippen molar-refractivity contribution in [2.24, 2.45) is 0 Å². The Morgan fingerprint density at radius 1 is 1.37 bits per heavy atom. The Morgan fingerprint density at radius 3 is 3.05 bits per heavy atom. The number of carbonyl (C=O) groups is 1. The minimum Gasteiger partial charge on any atom is -0.488 e. The normalized spacial score (nSPS) is 14.3. The van der Waals surface area contributed by atoms with Gasteiger partial charge in [-0.2, -0.15) is 0 Å². The number of Topliss-reactive ketones (excluding diaryl/α,β-unsaturated/α-hetero) is 1. The lowest BCUT2D eigenvalue weighted by molar-refractivity contribution is 0.0971. The summed E-state index contributed by atoms with van der Waals surface area (Å²) in [4.78, 5) is 17.2. The molecule has 0 saturated heterocycles. The molecular weight excluding hydrogens is 258 g/mol. The van der Waals surface area contributed by atoms with Crippen molar-refractivity contribution >= 4 is 17.1 Å². The smallest absolute Gasteiger partial charge is 0.163 e. The first-order valence-electron chi connectivity index (χ1n) is 6.43. The summed E-state index contributed by atoms with van der Waals surface area (Å²) in [5.74, 6) is 1.08. The van der Waals surface area contributed by atoms with Crippen molar-refractivity contribution in [2.75, 3.05) is 0 Å². The maximum Gasteiger partial charge on any atom is 0.163 e. The molecule has 0 saturated carbocycles. The molecule has 4 heteroatoms. The molecule has 0 amide bonds. The first-order valence-corrected chi connectivity index (χ1v) is 7.25. The lowest BCUT2D eigenvalue weighted by Crippen LogP contribution is -2.12. The van der Waals surface area contributed by atoms with E-state index in [0.717, 1.165) is 39.6 Å². The highest BCUT2D eigenvalue weighted by atomic mass is 32.1. The molecule has 0 N–H and O–H groups in total. The van der Waals surface area contributed by atoms with Gasteiger partial charge in [-0.3, -0.25) is 4.79 Å². The highest BCUT2D eigenvalue weighted by Gasteiger charge is 2.20. The number of benzene rings is 1. The van der Waals surface area contributed by atoms with Crippen LogP contribution in [0.1, 0.15) is 38.6 Å². The van der Waals surface area contributed by atoms with Gasteiger partial charge in [-0.15, -0.1) is 11.3 Å². The Morgan fingerprint density at radius 2 is 2.26 bits per heavy atom. The molecule has 0 bridgehead atoms. The lowest BCUT2D eigenvalue weighted by atomic mass is 9.90. The molecule has 1 heterocycles. The topological polar surface area (TPSA) is 39.2 Å². The Kier molecular flexibility index (Phi) is 3.34. The van der Waals surface area contributed by atoms with Crippen LogP contribution in [-0.2, 0) is 13.0 Å².